The van der Waals surface area contributed by atoms with Crippen LogP contribution in [0, 0.1) is 0 Å². The van der Waals surface area contributed by atoms with Gasteiger partial charge in [-0.05, 0) is 49.9 Å². The van der Waals surface area contributed by atoms with Crippen LogP contribution in [0.4, 0.5) is 0 Å². The number of aldehydes is 1. The van der Waals surface area contributed by atoms with Crippen LogP contribution in [0.15, 0.2) is 24.3 Å². The highest BCUT2D eigenvalue weighted by Crippen LogP contribution is 2.32. The molecule has 7 nitrogen and oxygen atoms in total. The van der Waals surface area contributed by atoms with Crippen LogP contribution in [-0.4, -0.2) is 45.0 Å². The van der Waals surface area contributed by atoms with Gasteiger partial charge in [0, 0.05) is 25.1 Å². The number of hydrogen-bond donors (Lipinski definition) is 0. The summed E-state index contributed by atoms with van der Waals surface area (Å²) in [7, 11) is 0. The van der Waals surface area contributed by atoms with Gasteiger partial charge in [0.1, 0.15) is 17.9 Å². The van der Waals surface area contributed by atoms with Crippen LogP contribution in [0.25, 0.3) is 0 Å². The zero-order chi connectivity index (χ0) is 18.6. The molecule has 0 spiro atoms. The summed E-state index contributed by atoms with van der Waals surface area (Å²) in [5, 5.41) is 8.82. The molecular weight excluding hydrogens is 344 g/mol. The Labute approximate surface area is 158 Å². The van der Waals surface area contributed by atoms with Crippen molar-refractivity contribution in [3.8, 4) is 5.75 Å². The number of fused-ring (bicyclic) bond motifs is 1. The second-order valence-corrected chi connectivity index (χ2v) is 7.16. The number of benzene rings is 1. The Bertz CT molecular complexity index is 815. The lowest BCUT2D eigenvalue weighted by molar-refractivity contribution is -0.134. The van der Waals surface area contributed by atoms with Crippen LogP contribution in [0.1, 0.15) is 60.2 Å². The molecule has 0 saturated carbocycles. The first-order valence-electron chi connectivity index (χ1n) is 9.66. The monoisotopic (exact) mass is 368 g/mol. The summed E-state index contributed by atoms with van der Waals surface area (Å²) in [6.45, 7) is 1.65. The molecule has 0 aliphatic carbocycles. The van der Waals surface area contributed by atoms with Crippen molar-refractivity contribution in [2.75, 3.05) is 13.2 Å². The summed E-state index contributed by atoms with van der Waals surface area (Å²) in [5.41, 5.74) is 0.584. The van der Waals surface area contributed by atoms with Crippen LogP contribution in [-0.2, 0) is 17.8 Å². The second kappa shape index (κ2) is 7.90. The highest BCUT2D eigenvalue weighted by Gasteiger charge is 2.34. The van der Waals surface area contributed by atoms with Crippen molar-refractivity contribution < 1.29 is 14.3 Å². The average molecular weight is 368 g/mol. The third kappa shape index (κ3) is 3.72. The van der Waals surface area contributed by atoms with E-state index in [1.54, 1.807) is 24.3 Å². The maximum atomic E-state index is 12.8. The molecule has 2 aromatic rings. The predicted molar refractivity (Wildman–Crippen MR) is 98.6 cm³/mol. The van der Waals surface area contributed by atoms with Crippen LogP contribution < -0.4 is 4.74 Å². The fraction of sp³-hybridized carbons (Fsp3) is 0.500. The fourth-order valence-electron chi connectivity index (χ4n) is 3.96. The normalized spacial score (nSPS) is 19.4. The number of ether oxygens (including phenoxy) is 1. The molecule has 3 heterocycles. The first-order chi connectivity index (χ1) is 13.3. The maximum absolute atomic E-state index is 12.8. The number of aryl methyl sites for hydroxylation is 1. The number of nitrogens with zero attached hydrogens (tertiary/aromatic N) is 4. The molecule has 1 saturated heterocycles. The standard InChI is InChI=1S/C20H24N4O3/c25-13-15-7-9-16(10-8-15)27-14-19(26)23-12-4-5-17(23)20-22-21-18-6-2-1-3-11-24(18)20/h7-10,13,17H,1-6,11-12,14H2. The van der Waals surface area contributed by atoms with E-state index in [4.69, 9.17) is 4.74 Å². The maximum Gasteiger partial charge on any atom is 0.261 e. The highest BCUT2D eigenvalue weighted by atomic mass is 16.5. The molecule has 1 atom stereocenters. The van der Waals surface area contributed by atoms with Crippen molar-refractivity contribution in [2.24, 2.45) is 0 Å². The molecule has 0 N–H and O–H groups in total. The van der Waals surface area contributed by atoms with Crippen LogP contribution in [0.5, 0.6) is 5.75 Å². The first kappa shape index (κ1) is 17.7. The molecule has 2 aliphatic rings. The summed E-state index contributed by atoms with van der Waals surface area (Å²) >= 11 is 0. The smallest absolute Gasteiger partial charge is 0.261 e. The van der Waals surface area contributed by atoms with Crippen molar-refractivity contribution in [1.82, 2.24) is 19.7 Å². The van der Waals surface area contributed by atoms with E-state index in [0.29, 0.717) is 11.3 Å². The molecule has 2 aliphatic heterocycles. The van der Waals surface area contributed by atoms with Crippen LogP contribution in [0.3, 0.4) is 0 Å². The minimum Gasteiger partial charge on any atom is -0.484 e. The lowest BCUT2D eigenvalue weighted by Gasteiger charge is -2.24. The van der Waals surface area contributed by atoms with Crippen LogP contribution >= 0.6 is 0 Å². The third-order valence-electron chi connectivity index (χ3n) is 5.39. The number of carbonyl (C=O) groups excluding carboxylic acids is 2. The molecule has 4 rings (SSSR count). The number of rotatable bonds is 5. The summed E-state index contributed by atoms with van der Waals surface area (Å²) in [6.07, 6.45) is 7.14. The molecule has 1 aromatic heterocycles. The molecule has 142 valence electrons. The molecule has 27 heavy (non-hydrogen) atoms. The van der Waals surface area contributed by atoms with Gasteiger partial charge in [-0.1, -0.05) is 6.42 Å². The molecule has 1 fully saturated rings. The van der Waals surface area contributed by atoms with E-state index >= 15 is 0 Å². The van der Waals surface area contributed by atoms with Gasteiger partial charge in [0.2, 0.25) is 0 Å². The Morgan fingerprint density at radius 2 is 1.96 bits per heavy atom. The number of carbonyl (C=O) groups is 2. The lowest BCUT2D eigenvalue weighted by Crippen LogP contribution is -2.35. The van der Waals surface area contributed by atoms with Crippen molar-refractivity contribution in [1.29, 1.82) is 0 Å². The number of amides is 1. The predicted octanol–water partition coefficient (Wildman–Crippen LogP) is 2.56. The van der Waals surface area contributed by atoms with Gasteiger partial charge in [-0.2, -0.15) is 0 Å². The topological polar surface area (TPSA) is 77.3 Å². The van der Waals surface area contributed by atoms with Crippen molar-refractivity contribution in [2.45, 2.75) is 51.1 Å². The molecule has 7 heteroatoms. The Kier molecular flexibility index (Phi) is 5.18. The summed E-state index contributed by atoms with van der Waals surface area (Å²) in [4.78, 5) is 25.4. The Morgan fingerprint density at radius 3 is 2.78 bits per heavy atom. The van der Waals surface area contributed by atoms with E-state index < -0.39 is 0 Å². The Hall–Kier alpha value is -2.70. The van der Waals surface area contributed by atoms with Gasteiger partial charge in [-0.3, -0.25) is 9.59 Å². The van der Waals surface area contributed by atoms with E-state index in [1.807, 2.05) is 4.90 Å². The van der Waals surface area contributed by atoms with Gasteiger partial charge in [0.15, 0.2) is 12.4 Å². The Balaban J connectivity index is 1.44. The largest absolute Gasteiger partial charge is 0.484 e. The van der Waals surface area contributed by atoms with Crippen molar-refractivity contribution >= 4 is 12.2 Å². The zero-order valence-electron chi connectivity index (χ0n) is 15.3. The number of aromatic nitrogens is 3. The second-order valence-electron chi connectivity index (χ2n) is 7.16. The number of hydrogen-bond acceptors (Lipinski definition) is 5. The van der Waals surface area contributed by atoms with Gasteiger partial charge in [0.05, 0.1) is 6.04 Å². The quantitative estimate of drug-likeness (QED) is 0.758. The van der Waals surface area contributed by atoms with E-state index in [0.717, 1.165) is 63.1 Å². The molecule has 1 unspecified atom stereocenters. The average Bonchev–Trinajstić information content (AvgIpc) is 3.27. The Morgan fingerprint density at radius 1 is 1.11 bits per heavy atom. The third-order valence-corrected chi connectivity index (χ3v) is 5.39. The summed E-state index contributed by atoms with van der Waals surface area (Å²) in [5.74, 6) is 2.52. The zero-order valence-corrected chi connectivity index (χ0v) is 15.3. The van der Waals surface area contributed by atoms with Gasteiger partial charge >= 0.3 is 0 Å². The van der Waals surface area contributed by atoms with Gasteiger partial charge in [0.25, 0.3) is 5.91 Å². The molecule has 0 bridgehead atoms. The van der Waals surface area contributed by atoms with Crippen LogP contribution in [0.2, 0.25) is 0 Å². The van der Waals surface area contributed by atoms with E-state index in [9.17, 15) is 9.59 Å². The minimum absolute atomic E-state index is 0.0158. The van der Waals surface area contributed by atoms with E-state index in [-0.39, 0.29) is 18.6 Å². The molecular formula is C20H24N4O3. The molecule has 0 radical (unpaired) electrons. The summed E-state index contributed by atoms with van der Waals surface area (Å²) < 4.78 is 7.85. The van der Waals surface area contributed by atoms with Gasteiger partial charge in [-0.15, -0.1) is 10.2 Å². The van der Waals surface area contributed by atoms with Gasteiger partial charge in [-0.25, -0.2) is 0 Å². The highest BCUT2D eigenvalue weighted by molar-refractivity contribution is 5.78. The SMILES string of the molecule is O=Cc1ccc(OCC(=O)N2CCCC2c2nnc3n2CCCCC3)cc1. The van der Waals surface area contributed by atoms with Gasteiger partial charge < -0.3 is 14.2 Å². The van der Waals surface area contributed by atoms with Crippen molar-refractivity contribution in [3.63, 3.8) is 0 Å². The minimum atomic E-state index is -0.0389. The van der Waals surface area contributed by atoms with E-state index in [1.165, 1.54) is 6.42 Å². The molecule has 1 aromatic carbocycles. The molecule has 1 amide bonds. The van der Waals surface area contributed by atoms with E-state index in [2.05, 4.69) is 14.8 Å². The first-order valence-corrected chi connectivity index (χ1v) is 9.66. The lowest BCUT2D eigenvalue weighted by atomic mass is 10.2. The van der Waals surface area contributed by atoms with Crippen molar-refractivity contribution in [3.05, 3.63) is 41.5 Å². The fourth-order valence-corrected chi connectivity index (χ4v) is 3.96. The number of likely N-dealkylation sites (tertiary alicyclic amines) is 1. The summed E-state index contributed by atoms with van der Waals surface area (Å²) in [6, 6.07) is 6.75.